The summed E-state index contributed by atoms with van der Waals surface area (Å²) in [6.07, 6.45) is 6.19. The van der Waals surface area contributed by atoms with E-state index in [0.29, 0.717) is 6.61 Å². The summed E-state index contributed by atoms with van der Waals surface area (Å²) in [7, 11) is 0. The number of halogens is 1. The van der Waals surface area contributed by atoms with Gasteiger partial charge in [-0.3, -0.25) is 14.6 Å². The van der Waals surface area contributed by atoms with Crippen molar-refractivity contribution < 1.29 is 18.7 Å². The summed E-state index contributed by atoms with van der Waals surface area (Å²) in [5.41, 5.74) is 0. The van der Waals surface area contributed by atoms with Gasteiger partial charge in [-0.15, -0.1) is 0 Å². The lowest BCUT2D eigenvalue weighted by Gasteiger charge is -2.38. The number of hydrogen-bond acceptors (Lipinski definition) is 5. The second-order valence-electron chi connectivity index (χ2n) is 7.61. The zero-order chi connectivity index (χ0) is 17.6. The number of ether oxygens (including phenoxy) is 2. The molecule has 0 N–H and O–H groups in total. The molecule has 3 fully saturated rings. The molecular formula is C19H33FN2O3. The van der Waals surface area contributed by atoms with Crippen molar-refractivity contribution in [2.24, 2.45) is 5.92 Å². The van der Waals surface area contributed by atoms with Gasteiger partial charge in [-0.1, -0.05) is 0 Å². The van der Waals surface area contributed by atoms with Crippen LogP contribution in [0.5, 0.6) is 0 Å². The minimum atomic E-state index is -1.04. The summed E-state index contributed by atoms with van der Waals surface area (Å²) < 4.78 is 26.6. The maximum Gasteiger partial charge on any atom is 0.308 e. The number of hydrogen-bond donors (Lipinski definition) is 0. The first-order valence-corrected chi connectivity index (χ1v) is 10.1. The van der Waals surface area contributed by atoms with Gasteiger partial charge < -0.3 is 9.47 Å². The zero-order valence-corrected chi connectivity index (χ0v) is 15.5. The van der Waals surface area contributed by atoms with E-state index < -0.39 is 12.5 Å². The van der Waals surface area contributed by atoms with Crippen LogP contribution in [0.1, 0.15) is 58.3 Å². The van der Waals surface area contributed by atoms with Gasteiger partial charge in [0.2, 0.25) is 0 Å². The van der Waals surface area contributed by atoms with Gasteiger partial charge in [-0.25, -0.2) is 4.39 Å². The summed E-state index contributed by atoms with van der Waals surface area (Å²) in [4.78, 5) is 16.0. The standard InChI is InChI=1S/C19H33FN2O3/c1-2-24-19(23)15-7-9-16(10-8-15)25-18(22-13-5-6-14-22)17(20)21-11-3-4-12-21/h15-18H,2-14H2,1H3/t15?,16?,17-,18?/m0/s1. The van der Waals surface area contributed by atoms with Crippen LogP contribution >= 0.6 is 0 Å². The van der Waals surface area contributed by atoms with E-state index in [1.807, 2.05) is 11.8 Å². The van der Waals surface area contributed by atoms with Crippen LogP contribution < -0.4 is 0 Å². The van der Waals surface area contributed by atoms with Crippen molar-refractivity contribution in [1.82, 2.24) is 9.80 Å². The van der Waals surface area contributed by atoms with Gasteiger partial charge in [0.15, 0.2) is 12.5 Å². The highest BCUT2D eigenvalue weighted by Gasteiger charge is 2.38. The van der Waals surface area contributed by atoms with Gasteiger partial charge in [-0.05, 0) is 58.3 Å². The molecule has 0 radical (unpaired) electrons. The Morgan fingerprint density at radius 3 is 2.12 bits per heavy atom. The molecule has 5 nitrogen and oxygen atoms in total. The Morgan fingerprint density at radius 2 is 1.56 bits per heavy atom. The highest BCUT2D eigenvalue weighted by molar-refractivity contribution is 5.72. The Kier molecular flexibility index (Phi) is 7.08. The number of likely N-dealkylation sites (tertiary alicyclic amines) is 2. The van der Waals surface area contributed by atoms with Crippen LogP contribution in [0.4, 0.5) is 4.39 Å². The molecule has 0 aromatic rings. The molecule has 2 aliphatic heterocycles. The maximum atomic E-state index is 15.2. The predicted molar refractivity (Wildman–Crippen MR) is 93.8 cm³/mol. The molecule has 0 amide bonds. The lowest BCUT2D eigenvalue weighted by Crippen LogP contribution is -2.51. The summed E-state index contributed by atoms with van der Waals surface area (Å²) >= 11 is 0. The molecule has 1 unspecified atom stereocenters. The molecule has 25 heavy (non-hydrogen) atoms. The first-order valence-electron chi connectivity index (χ1n) is 10.1. The monoisotopic (exact) mass is 356 g/mol. The third-order valence-electron chi connectivity index (χ3n) is 5.85. The Morgan fingerprint density at radius 1 is 1.00 bits per heavy atom. The van der Waals surface area contributed by atoms with Crippen molar-refractivity contribution in [1.29, 1.82) is 0 Å². The van der Waals surface area contributed by atoms with Crippen LogP contribution in [0.15, 0.2) is 0 Å². The largest absolute Gasteiger partial charge is 0.466 e. The molecular weight excluding hydrogens is 323 g/mol. The Balaban J connectivity index is 1.54. The first kappa shape index (κ1) is 19.1. The number of rotatable bonds is 7. The highest BCUT2D eigenvalue weighted by Crippen LogP contribution is 2.31. The predicted octanol–water partition coefficient (Wildman–Crippen LogP) is 2.94. The van der Waals surface area contributed by atoms with Crippen molar-refractivity contribution in [3.05, 3.63) is 0 Å². The molecule has 2 saturated heterocycles. The summed E-state index contributed by atoms with van der Waals surface area (Å²) in [6, 6.07) is 0. The van der Waals surface area contributed by atoms with E-state index in [1.165, 1.54) is 0 Å². The fourth-order valence-corrected chi connectivity index (χ4v) is 4.38. The van der Waals surface area contributed by atoms with Crippen molar-refractivity contribution in [2.75, 3.05) is 32.8 Å². The van der Waals surface area contributed by atoms with Crippen LogP contribution in [0.2, 0.25) is 0 Å². The lowest BCUT2D eigenvalue weighted by molar-refractivity contribution is -0.172. The molecule has 1 aliphatic carbocycles. The average molecular weight is 356 g/mol. The fourth-order valence-electron chi connectivity index (χ4n) is 4.38. The first-order chi connectivity index (χ1) is 12.2. The van der Waals surface area contributed by atoms with Gasteiger partial charge in [0, 0.05) is 26.2 Å². The van der Waals surface area contributed by atoms with Gasteiger partial charge >= 0.3 is 5.97 Å². The third kappa shape index (κ3) is 4.92. The number of carbonyl (C=O) groups is 1. The van der Waals surface area contributed by atoms with E-state index in [9.17, 15) is 4.79 Å². The molecule has 0 bridgehead atoms. The molecule has 2 atom stereocenters. The Bertz CT molecular complexity index is 417. The minimum Gasteiger partial charge on any atom is -0.466 e. The quantitative estimate of drug-likeness (QED) is 0.518. The minimum absolute atomic E-state index is 0.00945. The van der Waals surface area contributed by atoms with Crippen molar-refractivity contribution >= 4 is 5.97 Å². The average Bonchev–Trinajstić information content (AvgIpc) is 3.33. The van der Waals surface area contributed by atoms with Gasteiger partial charge in [0.25, 0.3) is 0 Å². The highest BCUT2D eigenvalue weighted by atomic mass is 19.1. The van der Waals surface area contributed by atoms with Crippen molar-refractivity contribution in [2.45, 2.75) is 76.9 Å². The van der Waals surface area contributed by atoms with E-state index in [2.05, 4.69) is 4.90 Å². The van der Waals surface area contributed by atoms with E-state index in [0.717, 1.165) is 77.5 Å². The smallest absolute Gasteiger partial charge is 0.308 e. The summed E-state index contributed by atoms with van der Waals surface area (Å²) in [5, 5.41) is 0. The van der Waals surface area contributed by atoms with Gasteiger partial charge in [0.05, 0.1) is 18.6 Å². The number of alkyl halides is 1. The molecule has 144 valence electrons. The van der Waals surface area contributed by atoms with Crippen LogP contribution in [0, 0.1) is 5.92 Å². The number of carbonyl (C=O) groups excluding carboxylic acids is 1. The molecule has 6 heteroatoms. The molecule has 3 rings (SSSR count). The third-order valence-corrected chi connectivity index (χ3v) is 5.85. The molecule has 0 spiro atoms. The normalized spacial score (nSPS) is 31.1. The lowest BCUT2D eigenvalue weighted by atomic mass is 9.87. The summed E-state index contributed by atoms with van der Waals surface area (Å²) in [6.45, 7) is 5.81. The van der Waals surface area contributed by atoms with E-state index in [1.54, 1.807) is 0 Å². The topological polar surface area (TPSA) is 42.0 Å². The maximum absolute atomic E-state index is 15.2. The van der Waals surface area contributed by atoms with Gasteiger partial charge in [0.1, 0.15) is 0 Å². The van der Waals surface area contributed by atoms with Crippen LogP contribution in [-0.2, 0) is 14.3 Å². The van der Waals surface area contributed by atoms with Crippen molar-refractivity contribution in [3.63, 3.8) is 0 Å². The fraction of sp³-hybridized carbons (Fsp3) is 0.947. The van der Waals surface area contributed by atoms with Crippen LogP contribution in [0.3, 0.4) is 0 Å². The molecule has 1 saturated carbocycles. The molecule has 2 heterocycles. The molecule has 3 aliphatic rings. The Hall–Kier alpha value is -0.720. The van der Waals surface area contributed by atoms with Crippen molar-refractivity contribution in [3.8, 4) is 0 Å². The Labute approximate surface area is 150 Å². The molecule has 0 aromatic heterocycles. The van der Waals surface area contributed by atoms with Gasteiger partial charge in [-0.2, -0.15) is 0 Å². The van der Waals surface area contributed by atoms with E-state index >= 15 is 4.39 Å². The number of esters is 1. The van der Waals surface area contributed by atoms with Crippen LogP contribution in [-0.4, -0.2) is 67.2 Å². The number of nitrogens with zero attached hydrogens (tertiary/aromatic N) is 2. The second kappa shape index (κ2) is 9.28. The van der Waals surface area contributed by atoms with E-state index in [4.69, 9.17) is 9.47 Å². The molecule has 0 aromatic carbocycles. The van der Waals surface area contributed by atoms with E-state index in [-0.39, 0.29) is 18.0 Å². The second-order valence-corrected chi connectivity index (χ2v) is 7.61. The zero-order valence-electron chi connectivity index (χ0n) is 15.5. The van der Waals surface area contributed by atoms with Crippen LogP contribution in [0.25, 0.3) is 0 Å². The SMILES string of the molecule is CCOC(=O)C1CCC(OC([C@@H](F)N2CCCC2)N2CCCC2)CC1. The summed E-state index contributed by atoms with van der Waals surface area (Å²) in [5.74, 6) is -0.0951.